The first-order chi connectivity index (χ1) is 29.5. The number of hydrogen-bond acceptors (Lipinski definition) is 7. The van der Waals surface area contributed by atoms with E-state index in [0.29, 0.717) is 18.9 Å². The largest absolute Gasteiger partial charge is 0.461 e. The molecule has 11 atom stereocenters. The van der Waals surface area contributed by atoms with Gasteiger partial charge in [-0.15, -0.1) is 0 Å². The molecule has 0 saturated heterocycles. The molecule has 0 saturated carbocycles. The van der Waals surface area contributed by atoms with Crippen LogP contribution in [0.3, 0.4) is 0 Å². The predicted molar refractivity (Wildman–Crippen MR) is 304 cm³/mol. The maximum Gasteiger partial charge on any atom is 0.311 e. The lowest BCUT2D eigenvalue weighted by Crippen LogP contribution is -2.53. The molecule has 0 radical (unpaired) electrons. The van der Waals surface area contributed by atoms with Gasteiger partial charge in [-0.3, -0.25) is 4.79 Å². The molecule has 1 aliphatic rings. The van der Waals surface area contributed by atoms with E-state index in [2.05, 4.69) is 216 Å². The number of carbonyl (C=O) groups excluding carboxylic acids is 1. The van der Waals surface area contributed by atoms with Crippen LogP contribution < -0.4 is 0 Å². The minimum absolute atomic E-state index is 0.000489. The lowest BCUT2D eigenvalue weighted by atomic mass is 9.82. The lowest BCUT2D eigenvalue weighted by Gasteiger charge is -2.47. The maximum atomic E-state index is 14.4. The second-order valence-corrected chi connectivity index (χ2v) is 53.4. The molecule has 1 aliphatic heterocycles. The Morgan fingerprint density at radius 3 is 1.48 bits per heavy atom. The van der Waals surface area contributed by atoms with Gasteiger partial charge in [-0.1, -0.05) is 151 Å². The van der Waals surface area contributed by atoms with Gasteiger partial charge in [0.05, 0.1) is 30.3 Å². The van der Waals surface area contributed by atoms with Crippen LogP contribution in [0.4, 0.5) is 0 Å². The van der Waals surface area contributed by atoms with E-state index in [0.717, 1.165) is 19.3 Å². The number of hydrogen-bond donors (Lipinski definition) is 0. The van der Waals surface area contributed by atoms with Crippen molar-refractivity contribution >= 4 is 47.6 Å². The van der Waals surface area contributed by atoms with Gasteiger partial charge in [-0.2, -0.15) is 0 Å². The van der Waals surface area contributed by atoms with Crippen LogP contribution in [0.1, 0.15) is 171 Å². The number of rotatable bonds is 20. The van der Waals surface area contributed by atoms with Gasteiger partial charge in [-0.25, -0.2) is 0 Å². The van der Waals surface area contributed by atoms with Crippen LogP contribution in [0.25, 0.3) is 0 Å². The highest BCUT2D eigenvalue weighted by Gasteiger charge is 2.48. The summed E-state index contributed by atoms with van der Waals surface area (Å²) in [5.41, 5.74) is 0. The Morgan fingerprint density at radius 1 is 0.597 bits per heavy atom. The molecular weight excluding hydrogens is 913 g/mol. The molecule has 0 fully saturated rings. The van der Waals surface area contributed by atoms with Gasteiger partial charge in [0.25, 0.3) is 0 Å². The smallest absolute Gasteiger partial charge is 0.311 e. The second-order valence-electron chi connectivity index (χ2n) is 29.6. The lowest BCUT2D eigenvalue weighted by molar-refractivity contribution is -0.162. The Hall–Kier alpha value is 0.0944. The molecule has 0 aromatic rings. The first kappa shape index (κ1) is 65.1. The van der Waals surface area contributed by atoms with E-state index in [9.17, 15) is 4.79 Å². The van der Waals surface area contributed by atoms with Gasteiger partial charge in [0, 0.05) is 30.8 Å². The van der Waals surface area contributed by atoms with Gasteiger partial charge in [-0.05, 0) is 129 Å². The van der Waals surface area contributed by atoms with Crippen molar-refractivity contribution in [3.8, 4) is 0 Å². The summed E-state index contributed by atoms with van der Waals surface area (Å²) in [6.07, 6.45) is 7.43. The SMILES string of the molecule is C[C@@H](CC[C@@H](O[Si](C)(C)C(C)(C)C)[C@H](C)[C@@H](O[Si](C)(C)C(C)(C)C)[C@@H](C)CO[Si](C)(C)C(C)(C)C)C[C@@H](C)[C@H]1OC(=O)[C@H](C)C(O[Si](C)(C)C(C)(C)C)C[C@H](O[Si](C)(C)C(C)(C)C)C=C[C@@H]1C. The van der Waals surface area contributed by atoms with Crippen LogP contribution in [-0.2, 0) is 31.7 Å². The molecule has 0 aliphatic carbocycles. The average Bonchev–Trinajstić information content (AvgIpc) is 3.11. The fourth-order valence-corrected chi connectivity index (χ4v) is 14.6. The van der Waals surface area contributed by atoms with E-state index in [1.807, 2.05) is 6.92 Å². The molecule has 1 unspecified atom stereocenters. The summed E-state index contributed by atoms with van der Waals surface area (Å²) in [5, 5.41) is 0.338. The Balaban J connectivity index is 3.68. The van der Waals surface area contributed by atoms with Gasteiger partial charge < -0.3 is 26.9 Å². The zero-order chi connectivity index (χ0) is 53.1. The Bertz CT molecular complexity index is 1560. The minimum Gasteiger partial charge on any atom is -0.461 e. The molecule has 398 valence electrons. The van der Waals surface area contributed by atoms with Gasteiger partial charge in [0.1, 0.15) is 6.10 Å². The molecule has 12 heteroatoms. The summed E-state index contributed by atoms with van der Waals surface area (Å²) < 4.78 is 43.0. The van der Waals surface area contributed by atoms with Crippen molar-refractivity contribution in [1.82, 2.24) is 0 Å². The summed E-state index contributed by atoms with van der Waals surface area (Å²) in [5.74, 6) is 0.357. The number of carbonyl (C=O) groups is 1. The maximum absolute atomic E-state index is 14.4. The van der Waals surface area contributed by atoms with Crippen molar-refractivity contribution in [3.05, 3.63) is 12.2 Å². The topological polar surface area (TPSA) is 72.5 Å². The molecule has 0 aromatic heterocycles. The third kappa shape index (κ3) is 18.5. The van der Waals surface area contributed by atoms with Crippen LogP contribution in [0.2, 0.25) is 90.7 Å². The summed E-state index contributed by atoms with van der Waals surface area (Å²) in [7, 11) is -10.7. The predicted octanol–water partition coefficient (Wildman–Crippen LogP) is 17.4. The number of ether oxygens (including phenoxy) is 1. The summed E-state index contributed by atoms with van der Waals surface area (Å²) in [6.45, 7) is 72.7. The molecule has 0 amide bonds. The molecule has 0 spiro atoms. The van der Waals surface area contributed by atoms with Crippen LogP contribution >= 0.6 is 0 Å². The highest BCUT2D eigenvalue weighted by molar-refractivity contribution is 6.75. The number of cyclic esters (lactones) is 1. The van der Waals surface area contributed by atoms with Crippen molar-refractivity contribution < 1.29 is 31.7 Å². The molecule has 0 bridgehead atoms. The Morgan fingerprint density at radius 2 is 1.03 bits per heavy atom. The Labute approximate surface area is 423 Å². The molecular formula is C55H116O7Si5. The van der Waals surface area contributed by atoms with Crippen LogP contribution in [0, 0.1) is 35.5 Å². The zero-order valence-corrected chi connectivity index (χ0v) is 55.4. The molecule has 7 nitrogen and oxygen atoms in total. The number of esters is 1. The fraction of sp³-hybridized carbons (Fsp3) is 0.945. The van der Waals surface area contributed by atoms with Gasteiger partial charge >= 0.3 is 5.97 Å². The fourth-order valence-electron chi connectivity index (χ4n) is 7.84. The van der Waals surface area contributed by atoms with Crippen LogP contribution in [0.15, 0.2) is 12.2 Å². The summed E-state index contributed by atoms with van der Waals surface area (Å²) in [4.78, 5) is 14.4. The first-order valence-electron chi connectivity index (χ1n) is 26.8. The molecule has 1 rings (SSSR count). The molecule has 67 heavy (non-hydrogen) atoms. The van der Waals surface area contributed by atoms with E-state index in [1.165, 1.54) is 0 Å². The first-order valence-corrected chi connectivity index (χ1v) is 41.3. The normalized spacial score (nSPS) is 24.7. The summed E-state index contributed by atoms with van der Waals surface area (Å²) >= 11 is 0. The van der Waals surface area contributed by atoms with Crippen molar-refractivity contribution in [2.45, 2.75) is 292 Å². The van der Waals surface area contributed by atoms with Crippen molar-refractivity contribution in [2.75, 3.05) is 6.61 Å². The monoisotopic (exact) mass is 1030 g/mol. The quantitative estimate of drug-likeness (QED) is 0.0683. The standard InChI is InChI=1S/C55H116O7Si5/c1-39(32-35-46(60-65(26,27)53(13,14)15)43(5)49(62-67(30,31)55(19,20)21)42(4)38-57-63(22,23)51(7,8)9)36-41(3)48-40(2)33-34-45(59-64(24,25)52(10,11)12)37-47(44(6)50(56)58-48)61-66(28,29)54(16,17)18/h33-34,39-49H,32,35-38H2,1-31H3/t39-,40-,41+,42-,43-,44+,45+,46+,47?,48-,49-/m0/s1. The molecule has 0 N–H and O–H groups in total. The van der Waals surface area contributed by atoms with Crippen LogP contribution in [0.5, 0.6) is 0 Å². The van der Waals surface area contributed by atoms with Crippen molar-refractivity contribution in [3.63, 3.8) is 0 Å². The van der Waals surface area contributed by atoms with Gasteiger partial charge in [0.2, 0.25) is 0 Å². The summed E-state index contributed by atoms with van der Waals surface area (Å²) in [6, 6.07) is 0. The van der Waals surface area contributed by atoms with Crippen LogP contribution in [-0.4, -0.2) is 84.7 Å². The third-order valence-electron chi connectivity index (χ3n) is 18.2. The van der Waals surface area contributed by atoms with Crippen molar-refractivity contribution in [1.29, 1.82) is 0 Å². The van der Waals surface area contributed by atoms with Crippen molar-refractivity contribution in [2.24, 2.45) is 35.5 Å². The zero-order valence-electron chi connectivity index (χ0n) is 50.4. The molecule has 1 heterocycles. The highest BCUT2D eigenvalue weighted by Crippen LogP contribution is 2.45. The second kappa shape index (κ2) is 23.5. The molecule has 0 aromatic carbocycles. The highest BCUT2D eigenvalue weighted by atomic mass is 28.4. The van der Waals surface area contributed by atoms with E-state index >= 15 is 0 Å². The average molecular weight is 1030 g/mol. The van der Waals surface area contributed by atoms with E-state index in [-0.39, 0.29) is 85.4 Å². The van der Waals surface area contributed by atoms with Gasteiger partial charge in [0.15, 0.2) is 41.6 Å². The third-order valence-corrected chi connectivity index (χ3v) is 40.7. The minimum atomic E-state index is -2.23. The van der Waals surface area contributed by atoms with E-state index < -0.39 is 47.5 Å². The Kier molecular flexibility index (Phi) is 22.9. The van der Waals surface area contributed by atoms with E-state index in [4.69, 9.17) is 26.9 Å². The van der Waals surface area contributed by atoms with E-state index in [1.54, 1.807) is 0 Å².